The summed E-state index contributed by atoms with van der Waals surface area (Å²) in [5.74, 6) is 0. The minimum atomic E-state index is 0.655. The van der Waals surface area contributed by atoms with Crippen LogP contribution in [0.3, 0.4) is 0 Å². The smallest absolute Gasteiger partial charge is 0.0483 e. The largest absolute Gasteiger partial charge is 0.387 e. The van der Waals surface area contributed by atoms with Crippen molar-refractivity contribution in [3.63, 3.8) is 0 Å². The molecule has 0 aromatic rings. The van der Waals surface area contributed by atoms with Crippen LogP contribution in [0, 0.1) is 0 Å². The summed E-state index contributed by atoms with van der Waals surface area (Å²) in [4.78, 5) is 0. The molecule has 0 aromatic heterocycles. The SMILES string of the molecule is C1=C2NCCC2NCCC1. The van der Waals surface area contributed by atoms with Crippen LogP contribution >= 0.6 is 0 Å². The molecular formula is C8H14N2. The standard InChI is InChI=1S/C8H14N2/c1-2-5-9-8-4-6-10-7(8)3-1/h3,8-10H,1-2,4-6H2. The molecule has 1 saturated heterocycles. The number of hydrogen-bond acceptors (Lipinski definition) is 2. The normalized spacial score (nSPS) is 32.0. The summed E-state index contributed by atoms with van der Waals surface area (Å²) in [7, 11) is 0. The highest BCUT2D eigenvalue weighted by Crippen LogP contribution is 2.14. The Morgan fingerprint density at radius 2 is 2.40 bits per heavy atom. The van der Waals surface area contributed by atoms with Gasteiger partial charge in [-0.2, -0.15) is 0 Å². The zero-order chi connectivity index (χ0) is 6.81. The molecule has 56 valence electrons. The van der Waals surface area contributed by atoms with Crippen LogP contribution in [0.2, 0.25) is 0 Å². The molecule has 10 heavy (non-hydrogen) atoms. The first-order valence-corrected chi connectivity index (χ1v) is 4.14. The summed E-state index contributed by atoms with van der Waals surface area (Å²) in [5.41, 5.74) is 1.44. The van der Waals surface area contributed by atoms with Gasteiger partial charge in [0, 0.05) is 18.3 Å². The predicted octanol–water partition coefficient (Wildman–Crippen LogP) is 0.616. The van der Waals surface area contributed by atoms with E-state index < -0.39 is 0 Å². The van der Waals surface area contributed by atoms with Crippen LogP contribution in [0.5, 0.6) is 0 Å². The molecule has 0 saturated carbocycles. The monoisotopic (exact) mass is 138 g/mol. The quantitative estimate of drug-likeness (QED) is 0.512. The molecule has 0 spiro atoms. The third-order valence-corrected chi connectivity index (χ3v) is 2.27. The summed E-state index contributed by atoms with van der Waals surface area (Å²) >= 11 is 0. The fourth-order valence-electron chi connectivity index (χ4n) is 1.70. The molecule has 0 bridgehead atoms. The number of rotatable bonds is 0. The van der Waals surface area contributed by atoms with Gasteiger partial charge < -0.3 is 10.6 Å². The number of nitrogens with one attached hydrogen (secondary N) is 2. The third-order valence-electron chi connectivity index (χ3n) is 2.27. The lowest BCUT2D eigenvalue weighted by Gasteiger charge is -2.09. The lowest BCUT2D eigenvalue weighted by molar-refractivity contribution is 0.587. The van der Waals surface area contributed by atoms with E-state index in [-0.39, 0.29) is 0 Å². The van der Waals surface area contributed by atoms with Crippen molar-refractivity contribution in [1.29, 1.82) is 0 Å². The van der Waals surface area contributed by atoms with Crippen molar-refractivity contribution < 1.29 is 0 Å². The van der Waals surface area contributed by atoms with Crippen LogP contribution in [0.4, 0.5) is 0 Å². The fourth-order valence-corrected chi connectivity index (χ4v) is 1.70. The van der Waals surface area contributed by atoms with Gasteiger partial charge in [0.25, 0.3) is 0 Å². The molecule has 1 atom stereocenters. The summed E-state index contributed by atoms with van der Waals surface area (Å²) in [6.07, 6.45) is 6.15. The van der Waals surface area contributed by atoms with Gasteiger partial charge in [0.2, 0.25) is 0 Å². The van der Waals surface area contributed by atoms with E-state index in [0.717, 1.165) is 6.54 Å². The zero-order valence-corrected chi connectivity index (χ0v) is 6.19. The Morgan fingerprint density at radius 3 is 3.40 bits per heavy atom. The topological polar surface area (TPSA) is 24.1 Å². The Balaban J connectivity index is 2.10. The molecule has 2 aliphatic heterocycles. The van der Waals surface area contributed by atoms with E-state index >= 15 is 0 Å². The van der Waals surface area contributed by atoms with E-state index in [1.54, 1.807) is 0 Å². The van der Waals surface area contributed by atoms with Crippen molar-refractivity contribution >= 4 is 0 Å². The van der Waals surface area contributed by atoms with Crippen molar-refractivity contribution in [3.8, 4) is 0 Å². The van der Waals surface area contributed by atoms with Gasteiger partial charge in [-0.15, -0.1) is 0 Å². The van der Waals surface area contributed by atoms with Crippen molar-refractivity contribution in [2.75, 3.05) is 13.1 Å². The van der Waals surface area contributed by atoms with Crippen LogP contribution in [-0.2, 0) is 0 Å². The van der Waals surface area contributed by atoms with Crippen LogP contribution in [-0.4, -0.2) is 19.1 Å². The fraction of sp³-hybridized carbons (Fsp3) is 0.750. The molecule has 0 amide bonds. The van der Waals surface area contributed by atoms with E-state index in [1.807, 2.05) is 0 Å². The maximum absolute atomic E-state index is 3.51. The van der Waals surface area contributed by atoms with Crippen LogP contribution in [0.1, 0.15) is 19.3 Å². The minimum absolute atomic E-state index is 0.655. The Hall–Kier alpha value is -0.500. The van der Waals surface area contributed by atoms with Crippen molar-refractivity contribution in [2.24, 2.45) is 0 Å². The highest BCUT2D eigenvalue weighted by atomic mass is 15.0. The summed E-state index contributed by atoms with van der Waals surface area (Å²) in [6, 6.07) is 0.655. The molecular weight excluding hydrogens is 124 g/mol. The Kier molecular flexibility index (Phi) is 1.63. The molecule has 1 unspecified atom stereocenters. The van der Waals surface area contributed by atoms with Gasteiger partial charge in [-0.3, -0.25) is 0 Å². The molecule has 2 rings (SSSR count). The van der Waals surface area contributed by atoms with Gasteiger partial charge in [0.1, 0.15) is 0 Å². The van der Waals surface area contributed by atoms with Gasteiger partial charge >= 0.3 is 0 Å². The first-order valence-electron chi connectivity index (χ1n) is 4.14. The average Bonchev–Trinajstić information content (AvgIpc) is 2.28. The summed E-state index contributed by atoms with van der Waals surface area (Å²) in [6.45, 7) is 2.34. The number of hydrogen-bond donors (Lipinski definition) is 2. The summed E-state index contributed by atoms with van der Waals surface area (Å²) in [5, 5.41) is 6.91. The van der Waals surface area contributed by atoms with Crippen molar-refractivity contribution in [1.82, 2.24) is 10.6 Å². The molecule has 2 N–H and O–H groups in total. The zero-order valence-electron chi connectivity index (χ0n) is 6.19. The third kappa shape index (κ3) is 1.03. The molecule has 0 aliphatic carbocycles. The van der Waals surface area contributed by atoms with Crippen molar-refractivity contribution in [3.05, 3.63) is 11.8 Å². The Bertz CT molecular complexity index is 151. The number of allylic oxidation sites excluding steroid dienone is 1. The van der Waals surface area contributed by atoms with Crippen LogP contribution in [0.25, 0.3) is 0 Å². The second-order valence-electron chi connectivity index (χ2n) is 3.02. The molecule has 2 nitrogen and oxygen atoms in total. The molecule has 2 heteroatoms. The molecule has 0 aromatic carbocycles. The van der Waals surface area contributed by atoms with E-state index in [9.17, 15) is 0 Å². The molecule has 2 heterocycles. The first kappa shape index (κ1) is 6.23. The summed E-state index contributed by atoms with van der Waals surface area (Å²) < 4.78 is 0. The maximum atomic E-state index is 3.51. The maximum Gasteiger partial charge on any atom is 0.0483 e. The average molecular weight is 138 g/mol. The van der Waals surface area contributed by atoms with E-state index in [1.165, 1.54) is 31.5 Å². The lowest BCUT2D eigenvalue weighted by Crippen LogP contribution is -2.28. The van der Waals surface area contributed by atoms with Gasteiger partial charge in [-0.05, 0) is 25.8 Å². The molecule has 2 aliphatic rings. The van der Waals surface area contributed by atoms with Crippen LogP contribution in [0.15, 0.2) is 11.8 Å². The predicted molar refractivity (Wildman–Crippen MR) is 41.7 cm³/mol. The van der Waals surface area contributed by atoms with E-state index in [0.29, 0.717) is 6.04 Å². The minimum Gasteiger partial charge on any atom is -0.387 e. The van der Waals surface area contributed by atoms with Crippen molar-refractivity contribution in [2.45, 2.75) is 25.3 Å². The van der Waals surface area contributed by atoms with E-state index in [2.05, 4.69) is 16.7 Å². The molecule has 1 fully saturated rings. The van der Waals surface area contributed by atoms with Gasteiger partial charge in [-0.25, -0.2) is 0 Å². The van der Waals surface area contributed by atoms with Crippen LogP contribution < -0.4 is 10.6 Å². The highest BCUT2D eigenvalue weighted by Gasteiger charge is 2.20. The Morgan fingerprint density at radius 1 is 1.40 bits per heavy atom. The second-order valence-corrected chi connectivity index (χ2v) is 3.02. The first-order chi connectivity index (χ1) is 4.97. The lowest BCUT2D eigenvalue weighted by atomic mass is 10.2. The van der Waals surface area contributed by atoms with Gasteiger partial charge in [-0.1, -0.05) is 6.08 Å². The second kappa shape index (κ2) is 2.62. The number of fused-ring (bicyclic) bond motifs is 1. The molecule has 0 radical (unpaired) electrons. The van der Waals surface area contributed by atoms with Gasteiger partial charge in [0.05, 0.1) is 0 Å². The van der Waals surface area contributed by atoms with E-state index in [4.69, 9.17) is 0 Å². The Labute approximate surface area is 61.7 Å². The highest BCUT2D eigenvalue weighted by molar-refractivity contribution is 5.14. The van der Waals surface area contributed by atoms with Gasteiger partial charge in [0.15, 0.2) is 0 Å².